The number of nitrogens with zero attached hydrogens (tertiary/aromatic N) is 2. The second-order valence-corrected chi connectivity index (χ2v) is 4.72. The first-order valence-corrected chi connectivity index (χ1v) is 6.54. The largest absolute Gasteiger partial charge is 0.502 e. The first-order valence-electron chi connectivity index (χ1n) is 6.54. The second kappa shape index (κ2) is 5.10. The van der Waals surface area contributed by atoms with E-state index < -0.39 is 26.8 Å². The molecule has 1 aliphatic heterocycles. The Labute approximate surface area is 120 Å². The van der Waals surface area contributed by atoms with E-state index in [9.17, 15) is 24.8 Å². The molecule has 1 unspecified atom stereocenters. The molecule has 0 saturated heterocycles. The predicted molar refractivity (Wildman–Crippen MR) is 75.5 cm³/mol. The van der Waals surface area contributed by atoms with Crippen molar-refractivity contribution in [2.75, 3.05) is 6.54 Å². The quantitative estimate of drug-likeness (QED) is 0.396. The monoisotopic (exact) mass is 291 g/mol. The number of hydrogen-bond donors (Lipinski definition) is 1. The Morgan fingerprint density at radius 2 is 1.95 bits per heavy atom. The van der Waals surface area contributed by atoms with Crippen LogP contribution in [-0.4, -0.2) is 28.4 Å². The number of nitro benzene ring substituents is 1. The highest BCUT2D eigenvalue weighted by atomic mass is 16.6. The minimum Gasteiger partial charge on any atom is -0.502 e. The fourth-order valence-corrected chi connectivity index (χ4v) is 2.55. The van der Waals surface area contributed by atoms with Crippen molar-refractivity contribution in [3.05, 3.63) is 40.0 Å². The maximum atomic E-state index is 12.5. The van der Waals surface area contributed by atoms with Gasteiger partial charge in [-0.05, 0) is 13.3 Å². The third-order valence-electron chi connectivity index (χ3n) is 3.75. The Morgan fingerprint density at radius 3 is 2.38 bits per heavy atom. The number of quaternary nitrogens is 1. The summed E-state index contributed by atoms with van der Waals surface area (Å²) >= 11 is 0. The highest BCUT2D eigenvalue weighted by molar-refractivity contribution is 6.25. The number of nitro groups is 1. The van der Waals surface area contributed by atoms with E-state index in [1.807, 2.05) is 0 Å². The summed E-state index contributed by atoms with van der Waals surface area (Å²) in [5, 5.41) is 20.5. The van der Waals surface area contributed by atoms with Crippen LogP contribution < -0.4 is 4.48 Å². The second-order valence-electron chi connectivity index (χ2n) is 4.72. The summed E-state index contributed by atoms with van der Waals surface area (Å²) in [5.74, 6) is -1.31. The van der Waals surface area contributed by atoms with E-state index in [1.165, 1.54) is 12.1 Å². The lowest BCUT2D eigenvalue weighted by molar-refractivity contribution is -0.385. The van der Waals surface area contributed by atoms with Crippen LogP contribution in [0.1, 0.15) is 20.3 Å². The molecule has 1 aromatic carbocycles. The molecule has 0 bridgehead atoms. The van der Waals surface area contributed by atoms with Crippen LogP contribution in [0, 0.1) is 10.1 Å². The van der Waals surface area contributed by atoms with Crippen molar-refractivity contribution in [3.8, 4) is 5.75 Å². The van der Waals surface area contributed by atoms with Crippen molar-refractivity contribution in [2.24, 2.45) is 0 Å². The number of likely N-dealkylation sites (N-methyl/N-ethyl adjacent to an activating group) is 1. The number of aromatic hydroxyl groups is 1. The van der Waals surface area contributed by atoms with Crippen molar-refractivity contribution in [3.63, 3.8) is 0 Å². The Bertz CT molecular complexity index is 680. The molecule has 1 atom stereocenters. The molecule has 0 radical (unpaired) electrons. The normalized spacial score (nSPS) is 21.5. The lowest BCUT2D eigenvalue weighted by Crippen LogP contribution is -2.54. The first kappa shape index (κ1) is 14.9. The smallest absolute Gasteiger partial charge is 0.354 e. The molecular formula is C14H15N2O5+. The minimum atomic E-state index is -0.723. The third-order valence-corrected chi connectivity index (χ3v) is 3.75. The number of rotatable bonds is 4. The van der Waals surface area contributed by atoms with Crippen molar-refractivity contribution < 1.29 is 19.6 Å². The highest BCUT2D eigenvalue weighted by Gasteiger charge is 2.51. The molecule has 7 nitrogen and oxygen atoms in total. The fraction of sp³-hybridized carbons (Fsp3) is 0.286. The number of phenolic OH excluding ortho intramolecular Hbond substituents is 1. The molecule has 1 aromatic rings. The Kier molecular flexibility index (Phi) is 3.61. The fourth-order valence-electron chi connectivity index (χ4n) is 2.55. The zero-order valence-electron chi connectivity index (χ0n) is 11.7. The zero-order chi connectivity index (χ0) is 15.8. The van der Waals surface area contributed by atoms with Gasteiger partial charge in [0.15, 0.2) is 11.4 Å². The van der Waals surface area contributed by atoms with Crippen molar-refractivity contribution >= 4 is 23.2 Å². The van der Waals surface area contributed by atoms with Crippen molar-refractivity contribution in [1.29, 1.82) is 0 Å². The van der Waals surface area contributed by atoms with Crippen LogP contribution in [0.15, 0.2) is 29.8 Å². The van der Waals surface area contributed by atoms with Gasteiger partial charge in [0.25, 0.3) is 0 Å². The first-order chi connectivity index (χ1) is 9.88. The van der Waals surface area contributed by atoms with Crippen LogP contribution >= 0.6 is 0 Å². The summed E-state index contributed by atoms with van der Waals surface area (Å²) < 4.78 is -0.575. The number of benzene rings is 1. The number of imide groups is 1. The SMILES string of the molecule is CCC1=CC(=O)[N+](CC)(c2ccc([N+](=O)[O-])c(O)c2)C1=O. The van der Waals surface area contributed by atoms with Gasteiger partial charge in [0, 0.05) is 18.2 Å². The Balaban J connectivity index is 2.58. The molecule has 0 aliphatic carbocycles. The van der Waals surface area contributed by atoms with Gasteiger partial charge in [0.05, 0.1) is 23.1 Å². The Hall–Kier alpha value is -2.54. The van der Waals surface area contributed by atoms with Crippen molar-refractivity contribution in [1.82, 2.24) is 4.48 Å². The number of amides is 2. The standard InChI is InChI=1S/C14H14N2O5/c1-3-9-7-13(18)16(4-2,14(9)19)10-5-6-11(15(20)21)12(17)8-10/h5-8H,3-4H2,1-2H3/p+1. The van der Waals surface area contributed by atoms with E-state index in [1.54, 1.807) is 13.8 Å². The average molecular weight is 291 g/mol. The summed E-state index contributed by atoms with van der Waals surface area (Å²) in [4.78, 5) is 34.8. The van der Waals surface area contributed by atoms with Crippen molar-refractivity contribution in [2.45, 2.75) is 20.3 Å². The maximum absolute atomic E-state index is 12.5. The van der Waals surface area contributed by atoms with Crippen LogP contribution in [0.4, 0.5) is 11.4 Å². The van der Waals surface area contributed by atoms with E-state index in [0.29, 0.717) is 12.0 Å². The molecule has 1 N–H and O–H groups in total. The van der Waals surface area contributed by atoms with Gasteiger partial charge in [0.2, 0.25) is 0 Å². The molecule has 1 heterocycles. The van der Waals surface area contributed by atoms with Crippen LogP contribution in [0.3, 0.4) is 0 Å². The van der Waals surface area contributed by atoms with E-state index in [-0.39, 0.29) is 18.1 Å². The molecule has 110 valence electrons. The van der Waals surface area contributed by atoms with Gasteiger partial charge in [0.1, 0.15) is 0 Å². The molecular weight excluding hydrogens is 276 g/mol. The number of carbonyl (C=O) groups excluding carboxylic acids is 2. The molecule has 21 heavy (non-hydrogen) atoms. The molecule has 7 heteroatoms. The molecule has 0 spiro atoms. The summed E-state index contributed by atoms with van der Waals surface area (Å²) in [6.45, 7) is 3.63. The molecule has 0 fully saturated rings. The molecule has 2 amide bonds. The summed E-state index contributed by atoms with van der Waals surface area (Å²) in [6.07, 6.45) is 1.74. The lowest BCUT2D eigenvalue weighted by atomic mass is 10.1. The number of hydrogen-bond acceptors (Lipinski definition) is 5. The number of phenols is 1. The third kappa shape index (κ3) is 2.02. The predicted octanol–water partition coefficient (Wildman–Crippen LogP) is 2.03. The van der Waals surface area contributed by atoms with Crippen LogP contribution in [0.5, 0.6) is 5.75 Å². The zero-order valence-corrected chi connectivity index (χ0v) is 11.7. The molecule has 0 aromatic heterocycles. The van der Waals surface area contributed by atoms with Gasteiger partial charge in [-0.1, -0.05) is 6.92 Å². The average Bonchev–Trinajstić information content (AvgIpc) is 2.70. The topological polar surface area (TPSA) is 97.5 Å². The van der Waals surface area contributed by atoms with Crippen LogP contribution in [0.25, 0.3) is 0 Å². The van der Waals surface area contributed by atoms with E-state index in [0.717, 1.165) is 12.1 Å². The number of carbonyl (C=O) groups is 2. The van der Waals surface area contributed by atoms with Gasteiger partial charge in [-0.3, -0.25) is 10.1 Å². The van der Waals surface area contributed by atoms with Crippen LogP contribution in [-0.2, 0) is 9.59 Å². The lowest BCUT2D eigenvalue weighted by Gasteiger charge is -2.27. The minimum absolute atomic E-state index is 0.176. The van der Waals surface area contributed by atoms with Crippen LogP contribution in [0.2, 0.25) is 0 Å². The maximum Gasteiger partial charge on any atom is 0.354 e. The van der Waals surface area contributed by atoms with Gasteiger partial charge >= 0.3 is 17.5 Å². The summed E-state index contributed by atoms with van der Waals surface area (Å²) in [6, 6.07) is 3.55. The van der Waals surface area contributed by atoms with E-state index in [4.69, 9.17) is 0 Å². The summed E-state index contributed by atoms with van der Waals surface area (Å²) in [7, 11) is 0. The molecule has 2 rings (SSSR count). The van der Waals surface area contributed by atoms with Gasteiger partial charge in [-0.15, -0.1) is 0 Å². The Morgan fingerprint density at radius 1 is 1.29 bits per heavy atom. The summed E-state index contributed by atoms with van der Waals surface area (Å²) in [5.41, 5.74) is 0.186. The van der Waals surface area contributed by atoms with E-state index in [2.05, 4.69) is 0 Å². The highest BCUT2D eigenvalue weighted by Crippen LogP contribution is 2.37. The molecule has 1 aliphatic rings. The van der Waals surface area contributed by atoms with Gasteiger partial charge < -0.3 is 5.11 Å². The van der Waals surface area contributed by atoms with Gasteiger partial charge in [-0.25, -0.2) is 9.59 Å². The van der Waals surface area contributed by atoms with E-state index >= 15 is 0 Å². The molecule has 0 saturated carbocycles. The van der Waals surface area contributed by atoms with Gasteiger partial charge in [-0.2, -0.15) is 4.48 Å².